The minimum Gasteiger partial charge on any atom is -0.505 e. The molecule has 1 aromatic carbocycles. The molecule has 0 bridgehead atoms. The van der Waals surface area contributed by atoms with E-state index in [1.807, 2.05) is 0 Å². The molecule has 2 rings (SSSR count). The number of piperazine rings is 1. The van der Waals surface area contributed by atoms with Crippen LogP contribution in [0, 0.1) is 5.82 Å². The summed E-state index contributed by atoms with van der Waals surface area (Å²) >= 11 is 0. The standard InChI is InChI=1S/C14H22FN3O.2ClH/c1-2-3-12(18-8-6-17-7-9-18)10-4-5-11(15)13(16)14(10)19;;/h4-5,12,17,19H,2-3,6-9,16H2,1H3;2*1H/t12-;;/m1../s1. The quantitative estimate of drug-likeness (QED) is 0.583. The smallest absolute Gasteiger partial charge is 0.149 e. The van der Waals surface area contributed by atoms with Crippen molar-refractivity contribution < 1.29 is 9.50 Å². The fraction of sp³-hybridized carbons (Fsp3) is 0.571. The lowest BCUT2D eigenvalue weighted by Crippen LogP contribution is -2.45. The van der Waals surface area contributed by atoms with Crippen molar-refractivity contribution in [2.45, 2.75) is 25.8 Å². The molecule has 0 unspecified atom stereocenters. The fourth-order valence-electron chi connectivity index (χ4n) is 2.67. The third-order valence-electron chi connectivity index (χ3n) is 3.71. The second-order valence-corrected chi connectivity index (χ2v) is 4.99. The van der Waals surface area contributed by atoms with E-state index in [9.17, 15) is 9.50 Å². The van der Waals surface area contributed by atoms with E-state index in [1.165, 1.54) is 6.07 Å². The lowest BCUT2D eigenvalue weighted by molar-refractivity contribution is 0.162. The van der Waals surface area contributed by atoms with Gasteiger partial charge in [0.1, 0.15) is 17.3 Å². The fourth-order valence-corrected chi connectivity index (χ4v) is 2.67. The minimum absolute atomic E-state index is 0. The average Bonchev–Trinajstić information content (AvgIpc) is 2.44. The molecule has 0 aromatic heterocycles. The number of nitrogens with two attached hydrogens (primary N) is 1. The summed E-state index contributed by atoms with van der Waals surface area (Å²) in [6, 6.07) is 3.11. The maximum absolute atomic E-state index is 13.3. The Labute approximate surface area is 137 Å². The van der Waals surface area contributed by atoms with Gasteiger partial charge in [-0.1, -0.05) is 19.4 Å². The molecule has 122 valence electrons. The Hall–Kier alpha value is -0.750. The van der Waals surface area contributed by atoms with Gasteiger partial charge in [0.2, 0.25) is 0 Å². The zero-order chi connectivity index (χ0) is 13.8. The van der Waals surface area contributed by atoms with Crippen LogP contribution in [-0.4, -0.2) is 36.2 Å². The van der Waals surface area contributed by atoms with Crippen LogP contribution in [0.1, 0.15) is 31.4 Å². The molecular weight excluding hydrogens is 316 g/mol. The van der Waals surface area contributed by atoms with E-state index in [2.05, 4.69) is 17.1 Å². The normalized spacial score (nSPS) is 16.7. The second-order valence-electron chi connectivity index (χ2n) is 4.99. The molecule has 0 saturated carbocycles. The topological polar surface area (TPSA) is 61.5 Å². The molecule has 7 heteroatoms. The molecule has 1 heterocycles. The van der Waals surface area contributed by atoms with Gasteiger partial charge >= 0.3 is 0 Å². The molecule has 0 spiro atoms. The highest BCUT2D eigenvalue weighted by Gasteiger charge is 2.25. The van der Waals surface area contributed by atoms with E-state index in [0.29, 0.717) is 0 Å². The summed E-state index contributed by atoms with van der Waals surface area (Å²) in [5.41, 5.74) is 6.18. The molecule has 1 aromatic rings. The Morgan fingerprint density at radius 2 is 1.95 bits per heavy atom. The van der Waals surface area contributed by atoms with Gasteiger partial charge in [0.05, 0.1) is 0 Å². The number of hydrogen-bond donors (Lipinski definition) is 3. The van der Waals surface area contributed by atoms with Crippen molar-refractivity contribution >= 4 is 30.5 Å². The van der Waals surface area contributed by atoms with Gasteiger partial charge in [0.25, 0.3) is 0 Å². The number of benzene rings is 1. The molecule has 1 atom stereocenters. The molecule has 4 nitrogen and oxygen atoms in total. The average molecular weight is 340 g/mol. The van der Waals surface area contributed by atoms with E-state index in [0.717, 1.165) is 44.6 Å². The zero-order valence-electron chi connectivity index (χ0n) is 12.1. The second kappa shape index (κ2) is 9.30. The van der Waals surface area contributed by atoms with E-state index in [-0.39, 0.29) is 42.3 Å². The summed E-state index contributed by atoms with van der Waals surface area (Å²) in [6.07, 6.45) is 1.93. The van der Waals surface area contributed by atoms with Crippen LogP contribution in [0.15, 0.2) is 12.1 Å². The van der Waals surface area contributed by atoms with Crippen LogP contribution < -0.4 is 11.1 Å². The van der Waals surface area contributed by atoms with Crippen LogP contribution in [0.25, 0.3) is 0 Å². The summed E-state index contributed by atoms with van der Waals surface area (Å²) in [5, 5.41) is 13.4. The number of aromatic hydroxyl groups is 1. The van der Waals surface area contributed by atoms with Crippen molar-refractivity contribution in [3.05, 3.63) is 23.5 Å². The zero-order valence-corrected chi connectivity index (χ0v) is 13.8. The molecule has 1 saturated heterocycles. The number of nitrogen functional groups attached to an aromatic ring is 1. The van der Waals surface area contributed by atoms with Gasteiger partial charge in [0, 0.05) is 37.8 Å². The maximum Gasteiger partial charge on any atom is 0.149 e. The number of rotatable bonds is 4. The third-order valence-corrected chi connectivity index (χ3v) is 3.71. The number of anilines is 1. The molecular formula is C14H24Cl2FN3O. The highest BCUT2D eigenvalue weighted by Crippen LogP contribution is 2.36. The molecule has 0 radical (unpaired) electrons. The Morgan fingerprint density at radius 3 is 2.52 bits per heavy atom. The van der Waals surface area contributed by atoms with Crippen molar-refractivity contribution in [1.29, 1.82) is 0 Å². The first-order valence-corrected chi connectivity index (χ1v) is 6.86. The number of phenolic OH excluding ortho intramolecular Hbond substituents is 1. The Balaban J connectivity index is 0.00000200. The van der Waals surface area contributed by atoms with E-state index >= 15 is 0 Å². The number of phenols is 1. The molecule has 1 fully saturated rings. The number of halogens is 3. The monoisotopic (exact) mass is 339 g/mol. The highest BCUT2D eigenvalue weighted by molar-refractivity contribution is 5.85. The molecule has 1 aliphatic rings. The largest absolute Gasteiger partial charge is 0.505 e. The van der Waals surface area contributed by atoms with Gasteiger partial charge in [-0.25, -0.2) is 4.39 Å². The van der Waals surface area contributed by atoms with Crippen molar-refractivity contribution in [2.75, 3.05) is 31.9 Å². The van der Waals surface area contributed by atoms with Crippen LogP contribution in [0.2, 0.25) is 0 Å². The predicted molar refractivity (Wildman–Crippen MR) is 89.1 cm³/mol. The number of nitrogens with zero attached hydrogens (tertiary/aromatic N) is 1. The Kier molecular flexibility index (Phi) is 8.97. The summed E-state index contributed by atoms with van der Waals surface area (Å²) in [4.78, 5) is 2.33. The van der Waals surface area contributed by atoms with Crippen molar-refractivity contribution in [3.63, 3.8) is 0 Å². The summed E-state index contributed by atoms with van der Waals surface area (Å²) in [7, 11) is 0. The molecule has 0 aliphatic carbocycles. The van der Waals surface area contributed by atoms with E-state index < -0.39 is 5.82 Å². The number of nitrogens with one attached hydrogen (secondary N) is 1. The molecule has 1 aliphatic heterocycles. The van der Waals surface area contributed by atoms with Crippen LogP contribution >= 0.6 is 24.8 Å². The van der Waals surface area contributed by atoms with Crippen molar-refractivity contribution in [2.24, 2.45) is 0 Å². The SMILES string of the molecule is CCC[C@H](c1ccc(F)c(N)c1O)N1CCNCC1.Cl.Cl. The Bertz CT molecular complexity index is 442. The highest BCUT2D eigenvalue weighted by atomic mass is 35.5. The van der Waals surface area contributed by atoms with Gasteiger partial charge in [-0.3, -0.25) is 4.90 Å². The van der Waals surface area contributed by atoms with Crippen LogP contribution in [-0.2, 0) is 0 Å². The van der Waals surface area contributed by atoms with Gasteiger partial charge in [-0.05, 0) is 12.5 Å². The molecule has 0 amide bonds. The summed E-state index contributed by atoms with van der Waals surface area (Å²) in [5.74, 6) is -0.659. The lowest BCUT2D eigenvalue weighted by atomic mass is 9.98. The summed E-state index contributed by atoms with van der Waals surface area (Å²) < 4.78 is 13.3. The van der Waals surface area contributed by atoms with Gasteiger partial charge in [0.15, 0.2) is 0 Å². The third kappa shape index (κ3) is 4.61. The van der Waals surface area contributed by atoms with Crippen molar-refractivity contribution in [1.82, 2.24) is 10.2 Å². The first-order valence-electron chi connectivity index (χ1n) is 6.86. The van der Waals surface area contributed by atoms with Crippen molar-refractivity contribution in [3.8, 4) is 5.75 Å². The van der Waals surface area contributed by atoms with Gasteiger partial charge in [-0.15, -0.1) is 24.8 Å². The van der Waals surface area contributed by atoms with Gasteiger partial charge < -0.3 is 16.2 Å². The lowest BCUT2D eigenvalue weighted by Gasteiger charge is -2.35. The van der Waals surface area contributed by atoms with E-state index in [4.69, 9.17) is 5.73 Å². The van der Waals surface area contributed by atoms with E-state index in [1.54, 1.807) is 6.07 Å². The first-order chi connectivity index (χ1) is 9.15. The molecule has 21 heavy (non-hydrogen) atoms. The molecule has 4 N–H and O–H groups in total. The van der Waals surface area contributed by atoms with Crippen LogP contribution in [0.4, 0.5) is 10.1 Å². The van der Waals surface area contributed by atoms with Crippen LogP contribution in [0.5, 0.6) is 5.75 Å². The van der Waals surface area contributed by atoms with Crippen LogP contribution in [0.3, 0.4) is 0 Å². The first kappa shape index (κ1) is 20.2. The summed E-state index contributed by atoms with van der Waals surface area (Å²) in [6.45, 7) is 5.86. The number of hydrogen-bond acceptors (Lipinski definition) is 4. The van der Waals surface area contributed by atoms with Gasteiger partial charge in [-0.2, -0.15) is 0 Å². The predicted octanol–water partition coefficient (Wildman–Crippen LogP) is 2.70. The minimum atomic E-state index is -0.559. The maximum atomic E-state index is 13.3. The Morgan fingerprint density at radius 1 is 1.33 bits per heavy atom.